The van der Waals surface area contributed by atoms with Gasteiger partial charge in [0.15, 0.2) is 28.8 Å². The quantitative estimate of drug-likeness (QED) is 0.938. The molecule has 6 nitrogen and oxygen atoms in total. The Balaban J connectivity index is 1.86. The average molecular weight is 319 g/mol. The number of nitrogens with one attached hydrogen (secondary N) is 1. The predicted octanol–water partition coefficient (Wildman–Crippen LogP) is 2.82. The van der Waals surface area contributed by atoms with Gasteiger partial charge in [-0.15, -0.1) is 0 Å². The van der Waals surface area contributed by atoms with Gasteiger partial charge in [0.2, 0.25) is 6.79 Å². The summed E-state index contributed by atoms with van der Waals surface area (Å²) in [6.07, 6.45) is 0. The van der Waals surface area contributed by atoms with Crippen molar-refractivity contribution in [1.82, 2.24) is 0 Å². The summed E-state index contributed by atoms with van der Waals surface area (Å²) in [6.45, 7) is 0.116. The molecule has 1 amide bonds. The van der Waals surface area contributed by atoms with E-state index in [0.29, 0.717) is 17.1 Å². The molecule has 2 aromatic carbocycles. The fourth-order valence-corrected chi connectivity index (χ4v) is 2.22. The normalized spacial score (nSPS) is 12.0. The number of hydrogen-bond acceptors (Lipinski definition) is 5. The maximum atomic E-state index is 14.4. The Morgan fingerprint density at radius 1 is 1.13 bits per heavy atom. The van der Waals surface area contributed by atoms with Gasteiger partial charge in [0.05, 0.1) is 19.9 Å². The molecule has 0 unspecified atom stereocenters. The Kier molecular flexibility index (Phi) is 3.92. The van der Waals surface area contributed by atoms with Crippen molar-refractivity contribution in [2.75, 3.05) is 26.3 Å². The molecule has 0 bridgehead atoms. The number of amides is 1. The number of rotatable bonds is 4. The van der Waals surface area contributed by atoms with Crippen LogP contribution in [-0.4, -0.2) is 26.9 Å². The van der Waals surface area contributed by atoms with Crippen LogP contribution in [0.25, 0.3) is 0 Å². The second-order valence-electron chi connectivity index (χ2n) is 4.68. The lowest BCUT2D eigenvalue weighted by atomic mass is 10.1. The van der Waals surface area contributed by atoms with Gasteiger partial charge in [-0.25, -0.2) is 4.39 Å². The third-order valence-electron chi connectivity index (χ3n) is 3.37. The minimum absolute atomic E-state index is 0.00897. The highest BCUT2D eigenvalue weighted by Gasteiger charge is 2.19. The molecule has 120 valence electrons. The van der Waals surface area contributed by atoms with Crippen LogP contribution in [0.5, 0.6) is 23.0 Å². The summed E-state index contributed by atoms with van der Waals surface area (Å²) in [5, 5.41) is 2.50. The number of halogens is 1. The van der Waals surface area contributed by atoms with Gasteiger partial charge in [-0.1, -0.05) is 0 Å². The van der Waals surface area contributed by atoms with Gasteiger partial charge in [0.25, 0.3) is 5.91 Å². The molecule has 3 rings (SSSR count). The van der Waals surface area contributed by atoms with Crippen LogP contribution in [0, 0.1) is 5.82 Å². The Labute approximate surface area is 131 Å². The van der Waals surface area contributed by atoms with Crippen molar-refractivity contribution in [3.63, 3.8) is 0 Å². The zero-order chi connectivity index (χ0) is 16.4. The van der Waals surface area contributed by atoms with E-state index in [4.69, 9.17) is 18.9 Å². The van der Waals surface area contributed by atoms with E-state index in [-0.39, 0.29) is 24.0 Å². The van der Waals surface area contributed by atoms with Crippen LogP contribution in [0.15, 0.2) is 30.3 Å². The van der Waals surface area contributed by atoms with Crippen LogP contribution >= 0.6 is 0 Å². The lowest BCUT2D eigenvalue weighted by molar-refractivity contribution is 0.102. The van der Waals surface area contributed by atoms with Crippen LogP contribution in [-0.2, 0) is 0 Å². The van der Waals surface area contributed by atoms with E-state index in [1.807, 2.05) is 0 Å². The number of carbonyl (C=O) groups excluding carboxylic acids is 1. The van der Waals surface area contributed by atoms with E-state index in [9.17, 15) is 9.18 Å². The maximum absolute atomic E-state index is 14.4. The van der Waals surface area contributed by atoms with E-state index < -0.39 is 11.7 Å². The number of fused-ring (bicyclic) bond motifs is 1. The lowest BCUT2D eigenvalue weighted by Crippen LogP contribution is -2.13. The van der Waals surface area contributed by atoms with Gasteiger partial charge in [0, 0.05) is 5.56 Å². The fraction of sp³-hybridized carbons (Fsp3) is 0.188. The molecule has 1 heterocycles. The number of hydrogen-bond donors (Lipinski definition) is 1. The molecule has 0 aliphatic carbocycles. The van der Waals surface area contributed by atoms with Gasteiger partial charge in [-0.2, -0.15) is 0 Å². The van der Waals surface area contributed by atoms with Gasteiger partial charge in [-0.05, 0) is 30.3 Å². The Morgan fingerprint density at radius 3 is 2.65 bits per heavy atom. The third-order valence-corrected chi connectivity index (χ3v) is 3.37. The molecular formula is C16H14FNO5. The summed E-state index contributed by atoms with van der Waals surface area (Å²) in [6, 6.07) is 7.65. The molecule has 1 N–H and O–H groups in total. The van der Waals surface area contributed by atoms with Crippen LogP contribution < -0.4 is 24.3 Å². The van der Waals surface area contributed by atoms with E-state index >= 15 is 0 Å². The monoisotopic (exact) mass is 319 g/mol. The molecule has 0 aromatic heterocycles. The van der Waals surface area contributed by atoms with E-state index in [0.717, 1.165) is 0 Å². The standard InChI is InChI=1S/C16H14FNO5/c1-20-12-6-4-10(14(17)15(12)21-2)18-16(19)9-3-5-11-13(7-9)23-8-22-11/h3-7H,8H2,1-2H3,(H,18,19). The van der Waals surface area contributed by atoms with Crippen molar-refractivity contribution >= 4 is 11.6 Å². The van der Waals surface area contributed by atoms with Crippen LogP contribution in [0.4, 0.5) is 10.1 Å². The minimum Gasteiger partial charge on any atom is -0.493 e. The number of anilines is 1. The van der Waals surface area contributed by atoms with Gasteiger partial charge >= 0.3 is 0 Å². The Hall–Kier alpha value is -2.96. The highest BCUT2D eigenvalue weighted by atomic mass is 19.1. The first-order valence-corrected chi connectivity index (χ1v) is 6.75. The van der Waals surface area contributed by atoms with E-state index in [1.165, 1.54) is 32.4 Å². The minimum atomic E-state index is -0.707. The first-order valence-electron chi connectivity index (χ1n) is 6.75. The topological polar surface area (TPSA) is 66.0 Å². The predicted molar refractivity (Wildman–Crippen MR) is 80.0 cm³/mol. The maximum Gasteiger partial charge on any atom is 0.255 e. The highest BCUT2D eigenvalue weighted by Crippen LogP contribution is 2.35. The first kappa shape index (κ1) is 15.0. The van der Waals surface area contributed by atoms with E-state index in [1.54, 1.807) is 12.1 Å². The van der Waals surface area contributed by atoms with Gasteiger partial charge < -0.3 is 24.3 Å². The largest absolute Gasteiger partial charge is 0.493 e. The zero-order valence-corrected chi connectivity index (χ0v) is 12.5. The van der Waals surface area contributed by atoms with Crippen LogP contribution in [0.2, 0.25) is 0 Å². The number of benzene rings is 2. The molecule has 0 atom stereocenters. The third kappa shape index (κ3) is 2.73. The molecule has 0 fully saturated rings. The van der Waals surface area contributed by atoms with Gasteiger partial charge in [0.1, 0.15) is 0 Å². The van der Waals surface area contributed by atoms with Crippen molar-refractivity contribution in [2.45, 2.75) is 0 Å². The summed E-state index contributed by atoms with van der Waals surface area (Å²) in [4.78, 5) is 12.3. The molecule has 2 aromatic rings. The lowest BCUT2D eigenvalue weighted by Gasteiger charge is -2.12. The van der Waals surface area contributed by atoms with Crippen molar-refractivity contribution < 1.29 is 28.1 Å². The second-order valence-corrected chi connectivity index (χ2v) is 4.68. The number of methoxy groups -OCH3 is 2. The number of carbonyl (C=O) groups is 1. The molecule has 7 heteroatoms. The summed E-state index contributed by atoms with van der Waals surface area (Å²) in [7, 11) is 2.73. The molecule has 0 radical (unpaired) electrons. The van der Waals surface area contributed by atoms with Crippen molar-refractivity contribution in [3.05, 3.63) is 41.7 Å². The van der Waals surface area contributed by atoms with Gasteiger partial charge in [-0.3, -0.25) is 4.79 Å². The Bertz CT molecular complexity index is 762. The molecule has 1 aliphatic heterocycles. The summed E-state index contributed by atoms with van der Waals surface area (Å²) >= 11 is 0. The van der Waals surface area contributed by atoms with Crippen LogP contribution in [0.1, 0.15) is 10.4 Å². The summed E-state index contributed by atoms with van der Waals surface area (Å²) in [5.74, 6) is 0.0294. The van der Waals surface area contributed by atoms with Crippen molar-refractivity contribution in [3.8, 4) is 23.0 Å². The fourth-order valence-electron chi connectivity index (χ4n) is 2.22. The average Bonchev–Trinajstić information content (AvgIpc) is 3.03. The first-order chi connectivity index (χ1) is 11.1. The smallest absolute Gasteiger partial charge is 0.255 e. The SMILES string of the molecule is COc1ccc(NC(=O)c2ccc3c(c2)OCO3)c(F)c1OC. The summed E-state index contributed by atoms with van der Waals surface area (Å²) < 4.78 is 34.7. The molecular weight excluding hydrogens is 305 g/mol. The highest BCUT2D eigenvalue weighted by molar-refractivity contribution is 6.05. The number of ether oxygens (including phenoxy) is 4. The molecule has 0 saturated carbocycles. The second kappa shape index (κ2) is 6.04. The molecule has 23 heavy (non-hydrogen) atoms. The molecule has 0 spiro atoms. The molecule has 1 aliphatic rings. The zero-order valence-electron chi connectivity index (χ0n) is 12.5. The van der Waals surface area contributed by atoms with Crippen LogP contribution in [0.3, 0.4) is 0 Å². The van der Waals surface area contributed by atoms with Crippen molar-refractivity contribution in [1.29, 1.82) is 0 Å². The van der Waals surface area contributed by atoms with Crippen molar-refractivity contribution in [2.24, 2.45) is 0 Å². The summed E-state index contributed by atoms with van der Waals surface area (Å²) in [5.41, 5.74) is 0.314. The molecule has 0 saturated heterocycles. The Morgan fingerprint density at radius 2 is 1.91 bits per heavy atom. The van der Waals surface area contributed by atoms with E-state index in [2.05, 4.69) is 5.32 Å².